The van der Waals surface area contributed by atoms with Gasteiger partial charge in [-0.2, -0.15) is 0 Å². The fourth-order valence-corrected chi connectivity index (χ4v) is 2.83. The Morgan fingerprint density at radius 3 is 2.72 bits per heavy atom. The maximum absolute atomic E-state index is 3.68. The Labute approximate surface area is 111 Å². The first-order chi connectivity index (χ1) is 8.70. The van der Waals surface area contributed by atoms with Crippen molar-refractivity contribution in [2.75, 3.05) is 19.6 Å². The van der Waals surface area contributed by atoms with Crippen molar-refractivity contribution in [3.05, 3.63) is 35.4 Å². The Morgan fingerprint density at radius 1 is 1.33 bits per heavy atom. The van der Waals surface area contributed by atoms with Crippen LogP contribution in [0.3, 0.4) is 0 Å². The van der Waals surface area contributed by atoms with Crippen LogP contribution in [0.1, 0.15) is 43.9 Å². The van der Waals surface area contributed by atoms with Crippen molar-refractivity contribution in [2.24, 2.45) is 0 Å². The van der Waals surface area contributed by atoms with Crippen molar-refractivity contribution < 1.29 is 0 Å². The molecule has 1 aliphatic rings. The van der Waals surface area contributed by atoms with Gasteiger partial charge in [-0.15, -0.1) is 0 Å². The summed E-state index contributed by atoms with van der Waals surface area (Å²) in [6, 6.07) is 10.1. The first-order valence-corrected chi connectivity index (χ1v) is 7.24. The van der Waals surface area contributed by atoms with Crippen LogP contribution in [0.15, 0.2) is 24.3 Å². The molecule has 0 aliphatic carbocycles. The van der Waals surface area contributed by atoms with Gasteiger partial charge in [-0.1, -0.05) is 36.8 Å². The number of benzene rings is 1. The van der Waals surface area contributed by atoms with E-state index in [1.165, 1.54) is 37.1 Å². The molecule has 2 nitrogen and oxygen atoms in total. The zero-order chi connectivity index (χ0) is 13.0. The van der Waals surface area contributed by atoms with Crippen LogP contribution < -0.4 is 5.32 Å². The second kappa shape index (κ2) is 6.35. The van der Waals surface area contributed by atoms with Crippen LogP contribution in [0.4, 0.5) is 0 Å². The minimum Gasteiger partial charge on any atom is -0.309 e. The van der Waals surface area contributed by atoms with Crippen LogP contribution in [0.25, 0.3) is 0 Å². The van der Waals surface area contributed by atoms with E-state index in [9.17, 15) is 0 Å². The van der Waals surface area contributed by atoms with Gasteiger partial charge >= 0.3 is 0 Å². The maximum Gasteiger partial charge on any atom is 0.0292 e. The quantitative estimate of drug-likeness (QED) is 0.858. The summed E-state index contributed by atoms with van der Waals surface area (Å²) in [5, 5.41) is 3.68. The average molecular weight is 246 g/mol. The lowest BCUT2D eigenvalue weighted by Gasteiger charge is -2.25. The third-order valence-corrected chi connectivity index (χ3v) is 4.14. The molecule has 1 aromatic carbocycles. The number of hydrogen-bond donors (Lipinski definition) is 1. The van der Waals surface area contributed by atoms with E-state index in [0.717, 1.165) is 12.6 Å². The third-order valence-electron chi connectivity index (χ3n) is 4.14. The number of likely N-dealkylation sites (tertiary alicyclic amines) is 1. The van der Waals surface area contributed by atoms with Crippen molar-refractivity contribution in [2.45, 2.75) is 45.7 Å². The van der Waals surface area contributed by atoms with Crippen LogP contribution in [-0.4, -0.2) is 30.6 Å². The molecule has 0 aromatic heterocycles. The Balaban J connectivity index is 1.84. The predicted octanol–water partition coefficient (Wildman–Crippen LogP) is 3.13. The highest BCUT2D eigenvalue weighted by Gasteiger charge is 2.22. The minimum atomic E-state index is 0.449. The summed E-state index contributed by atoms with van der Waals surface area (Å²) in [6.07, 6.45) is 2.71. The van der Waals surface area contributed by atoms with Gasteiger partial charge in [0.15, 0.2) is 0 Å². The van der Waals surface area contributed by atoms with E-state index in [1.807, 2.05) is 0 Å². The molecule has 1 aliphatic heterocycles. The van der Waals surface area contributed by atoms with Gasteiger partial charge in [0.25, 0.3) is 0 Å². The molecule has 1 N–H and O–H groups in total. The largest absolute Gasteiger partial charge is 0.309 e. The van der Waals surface area contributed by atoms with Gasteiger partial charge in [0, 0.05) is 18.6 Å². The van der Waals surface area contributed by atoms with E-state index < -0.39 is 0 Å². The lowest BCUT2D eigenvalue weighted by molar-refractivity contribution is 0.255. The predicted molar refractivity (Wildman–Crippen MR) is 77.9 cm³/mol. The topological polar surface area (TPSA) is 15.3 Å². The Hall–Kier alpha value is -0.860. The van der Waals surface area contributed by atoms with Crippen LogP contribution in [-0.2, 0) is 0 Å². The summed E-state index contributed by atoms with van der Waals surface area (Å²) < 4.78 is 0. The van der Waals surface area contributed by atoms with Gasteiger partial charge in [0.1, 0.15) is 0 Å². The number of likely N-dealkylation sites (N-methyl/N-ethyl adjacent to an activating group) is 1. The standard InChI is InChI=1S/C16H26N2/c1-4-18-11-5-6-16(18)12-17-14(3)15-9-7-13(2)8-10-15/h7-10,14,16-17H,4-6,11-12H2,1-3H3. The first-order valence-electron chi connectivity index (χ1n) is 7.24. The van der Waals surface area contributed by atoms with Crippen molar-refractivity contribution in [1.82, 2.24) is 10.2 Å². The summed E-state index contributed by atoms with van der Waals surface area (Å²) in [4.78, 5) is 2.59. The van der Waals surface area contributed by atoms with E-state index in [2.05, 4.69) is 55.3 Å². The summed E-state index contributed by atoms with van der Waals surface area (Å²) >= 11 is 0. The second-order valence-electron chi connectivity index (χ2n) is 5.47. The van der Waals surface area contributed by atoms with Gasteiger partial charge < -0.3 is 5.32 Å². The fraction of sp³-hybridized carbons (Fsp3) is 0.625. The summed E-state index contributed by atoms with van der Waals surface area (Å²) in [5.41, 5.74) is 2.72. The molecule has 0 amide bonds. The molecule has 0 radical (unpaired) electrons. The SMILES string of the molecule is CCN1CCCC1CNC(C)c1ccc(C)cc1. The number of hydrogen-bond acceptors (Lipinski definition) is 2. The van der Waals surface area contributed by atoms with Crippen molar-refractivity contribution >= 4 is 0 Å². The highest BCUT2D eigenvalue weighted by molar-refractivity contribution is 5.23. The lowest BCUT2D eigenvalue weighted by atomic mass is 10.1. The fourth-order valence-electron chi connectivity index (χ4n) is 2.83. The highest BCUT2D eigenvalue weighted by atomic mass is 15.2. The molecule has 18 heavy (non-hydrogen) atoms. The second-order valence-corrected chi connectivity index (χ2v) is 5.47. The minimum absolute atomic E-state index is 0.449. The normalized spacial score (nSPS) is 22.3. The summed E-state index contributed by atoms with van der Waals surface area (Å²) in [5.74, 6) is 0. The van der Waals surface area contributed by atoms with Gasteiger partial charge in [-0.25, -0.2) is 0 Å². The molecule has 1 heterocycles. The summed E-state index contributed by atoms with van der Waals surface area (Å²) in [7, 11) is 0. The zero-order valence-corrected chi connectivity index (χ0v) is 11.9. The molecular formula is C16H26N2. The lowest BCUT2D eigenvalue weighted by Crippen LogP contribution is -2.38. The van der Waals surface area contributed by atoms with Crippen LogP contribution in [0, 0.1) is 6.92 Å². The van der Waals surface area contributed by atoms with Gasteiger partial charge in [-0.05, 0) is 45.3 Å². The molecule has 0 spiro atoms. The van der Waals surface area contributed by atoms with E-state index in [4.69, 9.17) is 0 Å². The Morgan fingerprint density at radius 2 is 2.06 bits per heavy atom. The molecule has 0 bridgehead atoms. The van der Waals surface area contributed by atoms with Crippen LogP contribution >= 0.6 is 0 Å². The Bertz CT molecular complexity index is 358. The third kappa shape index (κ3) is 3.33. The molecule has 0 saturated carbocycles. The summed E-state index contributed by atoms with van der Waals surface area (Å²) in [6.45, 7) is 10.2. The first kappa shape index (κ1) is 13.6. The maximum atomic E-state index is 3.68. The number of nitrogens with one attached hydrogen (secondary N) is 1. The molecule has 2 heteroatoms. The smallest absolute Gasteiger partial charge is 0.0292 e. The highest BCUT2D eigenvalue weighted by Crippen LogP contribution is 2.18. The van der Waals surface area contributed by atoms with E-state index >= 15 is 0 Å². The van der Waals surface area contributed by atoms with Crippen molar-refractivity contribution in [3.63, 3.8) is 0 Å². The number of aryl methyl sites for hydroxylation is 1. The van der Waals surface area contributed by atoms with Gasteiger partial charge in [-0.3, -0.25) is 4.90 Å². The number of rotatable bonds is 5. The van der Waals surface area contributed by atoms with Gasteiger partial charge in [0.2, 0.25) is 0 Å². The van der Waals surface area contributed by atoms with Crippen molar-refractivity contribution in [3.8, 4) is 0 Å². The molecule has 100 valence electrons. The van der Waals surface area contributed by atoms with Crippen LogP contribution in [0.5, 0.6) is 0 Å². The van der Waals surface area contributed by atoms with Gasteiger partial charge in [0.05, 0.1) is 0 Å². The number of nitrogens with zero attached hydrogens (tertiary/aromatic N) is 1. The molecule has 2 unspecified atom stereocenters. The van der Waals surface area contributed by atoms with E-state index in [0.29, 0.717) is 6.04 Å². The molecule has 1 aromatic rings. The van der Waals surface area contributed by atoms with E-state index in [1.54, 1.807) is 0 Å². The zero-order valence-electron chi connectivity index (χ0n) is 11.9. The Kier molecular flexibility index (Phi) is 4.79. The molecule has 1 fully saturated rings. The molecule has 2 atom stereocenters. The molecule has 1 saturated heterocycles. The van der Waals surface area contributed by atoms with Crippen LogP contribution in [0.2, 0.25) is 0 Å². The monoisotopic (exact) mass is 246 g/mol. The molecular weight excluding hydrogens is 220 g/mol. The van der Waals surface area contributed by atoms with Crippen molar-refractivity contribution in [1.29, 1.82) is 0 Å². The average Bonchev–Trinajstić information content (AvgIpc) is 2.84. The van der Waals surface area contributed by atoms with E-state index in [-0.39, 0.29) is 0 Å². The molecule has 2 rings (SSSR count).